The molecule has 3 N–H and O–H groups in total. The van der Waals surface area contributed by atoms with Crippen molar-refractivity contribution in [1.29, 1.82) is 0 Å². The quantitative estimate of drug-likeness (QED) is 0.422. The molecule has 6 nitrogen and oxygen atoms in total. The van der Waals surface area contributed by atoms with E-state index in [1.807, 2.05) is 0 Å². The van der Waals surface area contributed by atoms with E-state index in [1.165, 1.54) is 38.5 Å². The summed E-state index contributed by atoms with van der Waals surface area (Å²) in [5, 5.41) is 19.7. The monoisotopic (exact) mass is 331 g/mol. The molecule has 6 heteroatoms. The van der Waals surface area contributed by atoms with Crippen LogP contribution >= 0.6 is 0 Å². The Morgan fingerprint density at radius 1 is 0.870 bits per heavy atom. The first-order valence-electron chi connectivity index (χ1n) is 8.21. The number of unbranched alkanes of at least 4 members (excludes halogenated alkanes) is 8. The van der Waals surface area contributed by atoms with Crippen LogP contribution in [0.25, 0.3) is 0 Å². The summed E-state index contributed by atoms with van der Waals surface area (Å²) in [6, 6.07) is -1.34. The molecule has 0 heterocycles. The number of carbonyl (C=O) groups is 3. The van der Waals surface area contributed by atoms with Crippen LogP contribution in [0.2, 0.25) is 0 Å². The van der Waals surface area contributed by atoms with E-state index in [-0.39, 0.29) is 13.8 Å². The molecule has 136 valence electrons. The second-order valence-corrected chi connectivity index (χ2v) is 5.63. The van der Waals surface area contributed by atoms with E-state index in [0.29, 0.717) is 6.42 Å². The van der Waals surface area contributed by atoms with Crippen LogP contribution in [0.15, 0.2) is 0 Å². The molecule has 0 fully saturated rings. The van der Waals surface area contributed by atoms with E-state index in [9.17, 15) is 14.4 Å². The number of carbonyl (C=O) groups excluding carboxylic acids is 1. The van der Waals surface area contributed by atoms with E-state index in [2.05, 4.69) is 12.2 Å². The highest BCUT2D eigenvalue weighted by Crippen LogP contribution is 2.10. The number of hydrogen-bond acceptors (Lipinski definition) is 3. The van der Waals surface area contributed by atoms with E-state index < -0.39 is 30.3 Å². The molecule has 1 amide bonds. The van der Waals surface area contributed by atoms with Gasteiger partial charge in [-0.15, -0.1) is 0 Å². The molecule has 1 atom stereocenters. The minimum atomic E-state index is -1.34. The highest BCUT2D eigenvalue weighted by Gasteiger charge is 2.22. The SMILES string of the molecule is C.CCCCCCCCCCCC(=O)N[C@@H](CC(=O)O)C(=O)O. The molecule has 0 aliphatic rings. The number of hydrogen-bond donors (Lipinski definition) is 3. The number of amides is 1. The van der Waals surface area contributed by atoms with Crippen molar-refractivity contribution in [3.05, 3.63) is 0 Å². The maximum absolute atomic E-state index is 11.6. The van der Waals surface area contributed by atoms with Gasteiger partial charge in [-0.2, -0.15) is 0 Å². The molecule has 0 aromatic carbocycles. The smallest absolute Gasteiger partial charge is 0.326 e. The summed E-state index contributed by atoms with van der Waals surface area (Å²) in [5.74, 6) is -2.95. The van der Waals surface area contributed by atoms with Gasteiger partial charge in [-0.05, 0) is 6.42 Å². The fourth-order valence-electron chi connectivity index (χ4n) is 2.24. The third kappa shape index (κ3) is 15.1. The minimum Gasteiger partial charge on any atom is -0.481 e. The Morgan fingerprint density at radius 2 is 1.35 bits per heavy atom. The first kappa shape index (κ1) is 23.7. The Bertz CT molecular complexity index is 344. The lowest BCUT2D eigenvalue weighted by molar-refractivity contribution is -0.147. The number of carboxylic acids is 2. The van der Waals surface area contributed by atoms with Crippen LogP contribution < -0.4 is 5.32 Å². The summed E-state index contributed by atoms with van der Waals surface area (Å²) in [7, 11) is 0. The zero-order valence-corrected chi connectivity index (χ0v) is 13.5. The van der Waals surface area contributed by atoms with E-state index >= 15 is 0 Å². The summed E-state index contributed by atoms with van der Waals surface area (Å²) in [6.07, 6.45) is 9.87. The molecule has 23 heavy (non-hydrogen) atoms. The molecular weight excluding hydrogens is 298 g/mol. The van der Waals surface area contributed by atoms with Gasteiger partial charge < -0.3 is 15.5 Å². The molecule has 0 radical (unpaired) electrons. The van der Waals surface area contributed by atoms with Crippen molar-refractivity contribution in [2.45, 2.75) is 91.0 Å². The van der Waals surface area contributed by atoms with Crippen molar-refractivity contribution >= 4 is 17.8 Å². The lowest BCUT2D eigenvalue weighted by Gasteiger charge is -2.12. The van der Waals surface area contributed by atoms with Crippen LogP contribution in [0.3, 0.4) is 0 Å². The summed E-state index contributed by atoms with van der Waals surface area (Å²) in [4.78, 5) is 32.9. The third-order valence-electron chi connectivity index (χ3n) is 3.52. The number of carboxylic acid groups (broad SMARTS) is 2. The van der Waals surface area contributed by atoms with Gasteiger partial charge in [-0.3, -0.25) is 9.59 Å². The van der Waals surface area contributed by atoms with Crippen molar-refractivity contribution in [2.75, 3.05) is 0 Å². The molecule has 0 aliphatic carbocycles. The zero-order chi connectivity index (χ0) is 16.8. The fourth-order valence-corrected chi connectivity index (χ4v) is 2.24. The van der Waals surface area contributed by atoms with Gasteiger partial charge in [0.1, 0.15) is 6.04 Å². The predicted molar refractivity (Wildman–Crippen MR) is 90.4 cm³/mol. The predicted octanol–water partition coefficient (Wildman–Crippen LogP) is 3.59. The number of nitrogens with one attached hydrogen (secondary N) is 1. The van der Waals surface area contributed by atoms with Gasteiger partial charge in [-0.25, -0.2) is 4.79 Å². The highest BCUT2D eigenvalue weighted by molar-refractivity contribution is 5.86. The first-order valence-corrected chi connectivity index (χ1v) is 8.21. The Kier molecular flexibility index (Phi) is 15.8. The molecule has 0 saturated heterocycles. The summed E-state index contributed by atoms with van der Waals surface area (Å²) in [5.41, 5.74) is 0. The van der Waals surface area contributed by atoms with E-state index in [0.717, 1.165) is 12.8 Å². The van der Waals surface area contributed by atoms with Gasteiger partial charge in [0.25, 0.3) is 0 Å². The van der Waals surface area contributed by atoms with Gasteiger partial charge in [0, 0.05) is 6.42 Å². The molecule has 0 aromatic heterocycles. The zero-order valence-electron chi connectivity index (χ0n) is 13.5. The topological polar surface area (TPSA) is 104 Å². The molecule has 0 aromatic rings. The van der Waals surface area contributed by atoms with Crippen molar-refractivity contribution in [3.8, 4) is 0 Å². The average molecular weight is 331 g/mol. The molecule has 0 unspecified atom stereocenters. The number of rotatable bonds is 14. The van der Waals surface area contributed by atoms with Gasteiger partial charge in [0.2, 0.25) is 5.91 Å². The van der Waals surface area contributed by atoms with Gasteiger partial charge in [0.05, 0.1) is 6.42 Å². The van der Waals surface area contributed by atoms with Gasteiger partial charge in [0.15, 0.2) is 0 Å². The van der Waals surface area contributed by atoms with Crippen molar-refractivity contribution in [1.82, 2.24) is 5.32 Å². The first-order chi connectivity index (χ1) is 10.5. The fraction of sp³-hybridized carbons (Fsp3) is 0.824. The maximum atomic E-state index is 11.6. The summed E-state index contributed by atoms with van der Waals surface area (Å²) in [6.45, 7) is 2.19. The van der Waals surface area contributed by atoms with Crippen molar-refractivity contribution < 1.29 is 24.6 Å². The molecule has 0 bridgehead atoms. The lowest BCUT2D eigenvalue weighted by Crippen LogP contribution is -2.42. The second kappa shape index (κ2) is 15.3. The Balaban J connectivity index is 0. The van der Waals surface area contributed by atoms with E-state index in [1.54, 1.807) is 0 Å². The molecule has 0 saturated carbocycles. The van der Waals surface area contributed by atoms with E-state index in [4.69, 9.17) is 10.2 Å². The van der Waals surface area contributed by atoms with Crippen LogP contribution in [0.5, 0.6) is 0 Å². The molecular formula is C17H33NO5. The largest absolute Gasteiger partial charge is 0.481 e. The molecule has 0 aliphatic heterocycles. The Hall–Kier alpha value is -1.59. The van der Waals surface area contributed by atoms with Crippen LogP contribution in [-0.2, 0) is 14.4 Å². The van der Waals surface area contributed by atoms with Crippen LogP contribution in [-0.4, -0.2) is 34.1 Å². The van der Waals surface area contributed by atoms with Crippen LogP contribution in [0.1, 0.15) is 85.0 Å². The summed E-state index contributed by atoms with van der Waals surface area (Å²) < 4.78 is 0. The molecule has 0 rings (SSSR count). The summed E-state index contributed by atoms with van der Waals surface area (Å²) >= 11 is 0. The average Bonchev–Trinajstić information content (AvgIpc) is 2.44. The Labute approximate surface area is 139 Å². The highest BCUT2D eigenvalue weighted by atomic mass is 16.4. The lowest BCUT2D eigenvalue weighted by atomic mass is 10.1. The normalized spacial score (nSPS) is 11.3. The standard InChI is InChI=1S/C16H29NO5.CH4/c1-2-3-4-5-6-7-8-9-10-11-14(18)17-13(16(21)22)12-15(19)20;/h13H,2-12H2,1H3,(H,17,18)(H,19,20)(H,21,22);1H4/t13-;/m0./s1. The second-order valence-electron chi connectivity index (χ2n) is 5.63. The molecule has 0 spiro atoms. The van der Waals surface area contributed by atoms with Gasteiger partial charge >= 0.3 is 11.9 Å². The van der Waals surface area contributed by atoms with Gasteiger partial charge in [-0.1, -0.05) is 65.7 Å². The number of aliphatic carboxylic acids is 2. The maximum Gasteiger partial charge on any atom is 0.326 e. The Morgan fingerprint density at radius 3 is 1.78 bits per heavy atom. The third-order valence-corrected chi connectivity index (χ3v) is 3.52. The minimum absolute atomic E-state index is 0. The van der Waals surface area contributed by atoms with Crippen molar-refractivity contribution in [3.63, 3.8) is 0 Å². The van der Waals surface area contributed by atoms with Crippen LogP contribution in [0.4, 0.5) is 0 Å². The van der Waals surface area contributed by atoms with Crippen LogP contribution in [0, 0.1) is 0 Å². The van der Waals surface area contributed by atoms with Crippen molar-refractivity contribution in [2.24, 2.45) is 0 Å².